The van der Waals surface area contributed by atoms with Crippen LogP contribution in [-0.4, -0.2) is 140 Å². The van der Waals surface area contributed by atoms with Crippen molar-refractivity contribution in [2.24, 2.45) is 0 Å². The van der Waals surface area contributed by atoms with E-state index in [0.29, 0.717) is 12.8 Å². The average Bonchev–Trinajstić information content (AvgIpc) is 3.29. The van der Waals surface area contributed by atoms with Gasteiger partial charge in [-0.2, -0.15) is 0 Å². The van der Waals surface area contributed by atoms with E-state index >= 15 is 0 Å². The summed E-state index contributed by atoms with van der Waals surface area (Å²) in [4.78, 5) is 13.1. The second-order valence-corrected chi connectivity index (χ2v) is 17.6. The number of allylic oxidation sites excluding steroid dienone is 7. The van der Waals surface area contributed by atoms with E-state index in [1.54, 1.807) is 6.08 Å². The van der Waals surface area contributed by atoms with Crippen LogP contribution in [-0.2, 0) is 23.7 Å². The molecule has 14 heteroatoms. The smallest absolute Gasteiger partial charge is 0.220 e. The summed E-state index contributed by atoms with van der Waals surface area (Å²) in [5, 5.41) is 86.6. The van der Waals surface area contributed by atoms with Gasteiger partial charge in [0.1, 0.15) is 48.8 Å². The molecule has 1 amide bonds. The fourth-order valence-corrected chi connectivity index (χ4v) is 7.86. The summed E-state index contributed by atoms with van der Waals surface area (Å²) >= 11 is 0. The van der Waals surface area contributed by atoms with Gasteiger partial charge < -0.3 is 65.1 Å². The molecule has 2 aliphatic heterocycles. The number of hydrogen-bond donors (Lipinski definition) is 9. The van der Waals surface area contributed by atoms with Crippen molar-refractivity contribution in [3.05, 3.63) is 48.6 Å². The van der Waals surface area contributed by atoms with Crippen molar-refractivity contribution < 1.29 is 64.6 Å². The fraction of sp³-hybridized carbons (Fsp3) is 0.820. The molecule has 0 aromatic rings. The van der Waals surface area contributed by atoms with Gasteiger partial charge in [0, 0.05) is 6.42 Å². The fourth-order valence-electron chi connectivity index (χ4n) is 7.86. The molecule has 0 aliphatic carbocycles. The Morgan fingerprint density at radius 1 is 0.562 bits per heavy atom. The molecule has 2 heterocycles. The molecular formula is C50H89NO13. The number of hydrogen-bond acceptors (Lipinski definition) is 13. The van der Waals surface area contributed by atoms with E-state index in [0.717, 1.165) is 57.8 Å². The first-order valence-corrected chi connectivity index (χ1v) is 24.9. The third-order valence-electron chi connectivity index (χ3n) is 12.0. The molecule has 9 N–H and O–H groups in total. The van der Waals surface area contributed by atoms with Crippen molar-refractivity contribution in [2.75, 3.05) is 19.8 Å². The van der Waals surface area contributed by atoms with Gasteiger partial charge in [-0.3, -0.25) is 4.79 Å². The van der Waals surface area contributed by atoms with Crippen LogP contribution in [0.15, 0.2) is 48.6 Å². The Labute approximate surface area is 384 Å². The highest BCUT2D eigenvalue weighted by molar-refractivity contribution is 5.76. The normalized spacial score (nSPS) is 27.7. The molecule has 2 saturated heterocycles. The third kappa shape index (κ3) is 24.1. The molecule has 2 fully saturated rings. The molecule has 372 valence electrons. The Morgan fingerprint density at radius 2 is 1.05 bits per heavy atom. The summed E-state index contributed by atoms with van der Waals surface area (Å²) < 4.78 is 22.6. The van der Waals surface area contributed by atoms with E-state index in [1.807, 2.05) is 6.08 Å². The Balaban J connectivity index is 1.89. The monoisotopic (exact) mass is 912 g/mol. The van der Waals surface area contributed by atoms with Crippen LogP contribution >= 0.6 is 0 Å². The van der Waals surface area contributed by atoms with Gasteiger partial charge in [0.2, 0.25) is 5.91 Å². The molecule has 0 saturated carbocycles. The number of unbranched alkanes of at least 4 members (excludes halogenated alkanes) is 18. The molecule has 64 heavy (non-hydrogen) atoms. The zero-order valence-electron chi connectivity index (χ0n) is 39.3. The van der Waals surface area contributed by atoms with E-state index in [2.05, 4.69) is 55.6 Å². The van der Waals surface area contributed by atoms with Crippen LogP contribution in [0.2, 0.25) is 0 Å². The van der Waals surface area contributed by atoms with Crippen LogP contribution in [0.3, 0.4) is 0 Å². The summed E-state index contributed by atoms with van der Waals surface area (Å²) in [6, 6.07) is -0.937. The van der Waals surface area contributed by atoms with E-state index < -0.39 is 86.8 Å². The van der Waals surface area contributed by atoms with Crippen LogP contribution in [0, 0.1) is 0 Å². The van der Waals surface area contributed by atoms with Crippen molar-refractivity contribution >= 4 is 5.91 Å². The molecule has 12 atom stereocenters. The SMILES string of the molecule is CCCCC/C=C\C/C=C\CCCCCCCC(=O)NC(COC1OC(CO)C(OC2OC(CO)C(O)C(O)C2O)C(O)C1O)C(O)/C=C/CC/C=C/CCCCCCCCCCC. The number of aliphatic hydroxyl groups excluding tert-OH is 8. The lowest BCUT2D eigenvalue weighted by molar-refractivity contribution is -0.359. The van der Waals surface area contributed by atoms with Gasteiger partial charge >= 0.3 is 0 Å². The highest BCUT2D eigenvalue weighted by Gasteiger charge is 2.51. The Morgan fingerprint density at radius 3 is 1.66 bits per heavy atom. The molecule has 12 unspecified atom stereocenters. The lowest BCUT2D eigenvalue weighted by Gasteiger charge is -2.46. The maximum atomic E-state index is 13.1. The third-order valence-corrected chi connectivity index (χ3v) is 12.0. The highest BCUT2D eigenvalue weighted by Crippen LogP contribution is 2.30. The van der Waals surface area contributed by atoms with Gasteiger partial charge in [-0.05, 0) is 64.2 Å². The molecular weight excluding hydrogens is 823 g/mol. The lowest BCUT2D eigenvalue weighted by atomic mass is 9.97. The second kappa shape index (κ2) is 37.0. The average molecular weight is 912 g/mol. The number of amides is 1. The summed E-state index contributed by atoms with van der Waals surface area (Å²) in [5.41, 5.74) is 0. The van der Waals surface area contributed by atoms with Crippen molar-refractivity contribution in [3.63, 3.8) is 0 Å². The lowest BCUT2D eigenvalue weighted by Crippen LogP contribution is -2.65. The van der Waals surface area contributed by atoms with Crippen LogP contribution in [0.25, 0.3) is 0 Å². The largest absolute Gasteiger partial charge is 0.394 e. The molecule has 2 rings (SSSR count). The number of ether oxygens (including phenoxy) is 4. The number of rotatable bonds is 37. The van der Waals surface area contributed by atoms with Crippen LogP contribution < -0.4 is 5.32 Å². The molecule has 0 aromatic carbocycles. The standard InChI is InChI=1S/C50H89NO13/c1-3-5-7-9-11-13-15-17-19-21-23-25-27-29-31-33-39(54)38(51-42(55)34-32-30-28-26-24-22-20-18-16-14-12-10-8-6-4-2)37-61-49-47(60)45(58)48(41(36-53)63-49)64-50-46(59)44(57)43(56)40(35-52)62-50/h12,14,18,20,23,25,31,33,38-41,43-50,52-54,56-60H,3-11,13,15-17,19,21-22,24,26-30,32,34-37H2,1-2H3,(H,51,55)/b14-12-,20-18-,25-23+,33-31+. The Bertz CT molecular complexity index is 1260. The molecule has 14 nitrogen and oxygen atoms in total. The number of carbonyl (C=O) groups is 1. The first kappa shape index (κ1) is 58.1. The molecule has 0 spiro atoms. The van der Waals surface area contributed by atoms with Gasteiger partial charge in [0.15, 0.2) is 12.6 Å². The van der Waals surface area contributed by atoms with E-state index in [1.165, 1.54) is 77.0 Å². The predicted molar refractivity (Wildman–Crippen MR) is 249 cm³/mol. The first-order valence-electron chi connectivity index (χ1n) is 24.9. The summed E-state index contributed by atoms with van der Waals surface area (Å²) in [7, 11) is 0. The highest BCUT2D eigenvalue weighted by atomic mass is 16.7. The topological polar surface area (TPSA) is 228 Å². The molecule has 0 aromatic heterocycles. The van der Waals surface area contributed by atoms with E-state index in [-0.39, 0.29) is 18.9 Å². The summed E-state index contributed by atoms with van der Waals surface area (Å²) in [5.74, 6) is -0.266. The molecule has 0 radical (unpaired) electrons. The van der Waals surface area contributed by atoms with Crippen LogP contribution in [0.5, 0.6) is 0 Å². The maximum Gasteiger partial charge on any atom is 0.220 e. The number of aliphatic hydroxyl groups is 8. The number of carbonyl (C=O) groups excluding carboxylic acids is 1. The van der Waals surface area contributed by atoms with Crippen LogP contribution in [0.4, 0.5) is 0 Å². The van der Waals surface area contributed by atoms with Gasteiger partial charge in [-0.1, -0.05) is 146 Å². The molecule has 2 aliphatic rings. The second-order valence-electron chi connectivity index (χ2n) is 17.6. The first-order chi connectivity index (χ1) is 31.1. The Kier molecular flexibility index (Phi) is 33.6. The predicted octanol–water partition coefficient (Wildman–Crippen LogP) is 6.10. The summed E-state index contributed by atoms with van der Waals surface area (Å²) in [6.45, 7) is 2.71. The van der Waals surface area contributed by atoms with Gasteiger partial charge in [-0.25, -0.2) is 0 Å². The minimum atomic E-state index is -1.79. The van der Waals surface area contributed by atoms with Crippen LogP contribution in [0.1, 0.15) is 168 Å². The van der Waals surface area contributed by atoms with Gasteiger partial charge in [-0.15, -0.1) is 0 Å². The van der Waals surface area contributed by atoms with Crippen molar-refractivity contribution in [3.8, 4) is 0 Å². The summed E-state index contributed by atoms with van der Waals surface area (Å²) in [6.07, 6.45) is 25.8. The van der Waals surface area contributed by atoms with E-state index in [4.69, 9.17) is 18.9 Å². The van der Waals surface area contributed by atoms with E-state index in [9.17, 15) is 45.6 Å². The minimum absolute atomic E-state index is 0.256. The minimum Gasteiger partial charge on any atom is -0.394 e. The molecule has 0 bridgehead atoms. The van der Waals surface area contributed by atoms with Crippen molar-refractivity contribution in [1.29, 1.82) is 0 Å². The number of nitrogens with one attached hydrogen (secondary N) is 1. The quantitative estimate of drug-likeness (QED) is 0.0254. The van der Waals surface area contributed by atoms with Crippen molar-refractivity contribution in [2.45, 2.75) is 242 Å². The maximum absolute atomic E-state index is 13.1. The zero-order valence-corrected chi connectivity index (χ0v) is 39.3. The Hall–Kier alpha value is -2.05. The zero-order chi connectivity index (χ0) is 46.8. The van der Waals surface area contributed by atoms with Gasteiger partial charge in [0.25, 0.3) is 0 Å². The van der Waals surface area contributed by atoms with Crippen molar-refractivity contribution in [1.82, 2.24) is 5.32 Å². The van der Waals surface area contributed by atoms with Gasteiger partial charge in [0.05, 0.1) is 32.0 Å².